The van der Waals surface area contributed by atoms with Gasteiger partial charge in [-0.05, 0) is 193 Å². The van der Waals surface area contributed by atoms with Crippen molar-refractivity contribution in [1.82, 2.24) is 22.7 Å². The molecule has 4 saturated heterocycles. The average Bonchev–Trinajstić information content (AvgIpc) is 0.791. The molecule has 4 N–H and O–H groups in total. The molecule has 0 amide bonds. The first-order valence-corrected chi connectivity index (χ1v) is 50.1. The van der Waals surface area contributed by atoms with Crippen LogP contribution in [0.15, 0.2) is 233 Å². The molecule has 0 aliphatic carbocycles. The summed E-state index contributed by atoms with van der Waals surface area (Å²) >= 11 is 0. The van der Waals surface area contributed by atoms with Crippen LogP contribution in [0.1, 0.15) is 59.8 Å². The van der Waals surface area contributed by atoms with Crippen molar-refractivity contribution in [2.24, 2.45) is 5.92 Å². The molecule has 29 nitrogen and oxygen atoms in total. The quantitative estimate of drug-likeness (QED) is 0.0413. The zero-order valence-electron chi connectivity index (χ0n) is 67.2. The summed E-state index contributed by atoms with van der Waals surface area (Å²) in [6.07, 6.45) is 6.60. The van der Waals surface area contributed by atoms with Crippen LogP contribution >= 0.6 is 0 Å². The molecule has 37 heteroatoms. The monoisotopic (exact) mass is 1750 g/mol. The summed E-state index contributed by atoms with van der Waals surface area (Å²) in [7, 11) is -20.3. The zero-order valence-corrected chi connectivity index (χ0v) is 73.7. The lowest BCUT2D eigenvalue weighted by Gasteiger charge is -2.36. The Kier molecular flexibility index (Phi) is 30.7. The lowest BCUT2D eigenvalue weighted by molar-refractivity contribution is 0.313. The van der Waals surface area contributed by atoms with Crippen molar-refractivity contribution in [1.29, 1.82) is 0 Å². The van der Waals surface area contributed by atoms with Crippen molar-refractivity contribution in [3.63, 3.8) is 0 Å². The lowest BCUT2D eigenvalue weighted by Crippen LogP contribution is -2.44. The van der Waals surface area contributed by atoms with E-state index in [1.165, 1.54) is 136 Å². The summed E-state index contributed by atoms with van der Waals surface area (Å²) in [5.74, 6) is 0.543. The fraction of sp³-hybridized carbons (Fsp3) is 0.392. The summed E-state index contributed by atoms with van der Waals surface area (Å²) in [5.41, 5.74) is 5.33. The molecule has 12 rings (SSSR count). The van der Waals surface area contributed by atoms with Gasteiger partial charge in [0.15, 0.2) is 9.84 Å². The first-order chi connectivity index (χ1) is 54.6. The molecule has 632 valence electrons. The molecule has 4 aliphatic heterocycles. The van der Waals surface area contributed by atoms with Crippen LogP contribution in [0.25, 0.3) is 0 Å². The molecule has 8 aromatic rings. The van der Waals surface area contributed by atoms with Crippen LogP contribution < -0.4 is 38.5 Å². The highest BCUT2D eigenvalue weighted by molar-refractivity contribution is 7.94. The molecule has 2 atom stereocenters. The van der Waals surface area contributed by atoms with Gasteiger partial charge in [0.2, 0.25) is 30.1 Å². The Hall–Kier alpha value is -8.44. The number of para-hydroxylation sites is 8. The topological polar surface area (TPSA) is 350 Å². The first-order valence-electron chi connectivity index (χ1n) is 37.9. The number of sulfone groups is 1. The third-order valence-corrected chi connectivity index (χ3v) is 32.5. The van der Waals surface area contributed by atoms with Crippen LogP contribution in [0.3, 0.4) is 0 Å². The maximum Gasteiger partial charge on any atom is 0.262 e. The average molecular weight is 1750 g/mol. The highest BCUT2D eigenvalue weighted by Crippen LogP contribution is 2.37. The Morgan fingerprint density at radius 3 is 1.03 bits per heavy atom. The lowest BCUT2D eigenvalue weighted by atomic mass is 9.99. The second-order valence-electron chi connectivity index (χ2n) is 29.1. The Labute approximate surface area is 687 Å². The van der Waals surface area contributed by atoms with Crippen LogP contribution in [-0.2, 0) is 80.0 Å². The number of likely N-dealkylation sites (N-methyl/N-ethyl adjacent to an activating group) is 2. The van der Waals surface area contributed by atoms with Crippen molar-refractivity contribution >= 4 is 125 Å². The maximum atomic E-state index is 13.0. The van der Waals surface area contributed by atoms with Gasteiger partial charge in [0.05, 0.1) is 84.7 Å². The molecule has 0 radical (unpaired) electrons. The van der Waals surface area contributed by atoms with Crippen LogP contribution in [0.2, 0.25) is 0 Å². The number of nitrogens with zero attached hydrogens (tertiary/aromatic N) is 9. The molecular weight excluding hydrogens is 1640 g/mol. The summed E-state index contributed by atoms with van der Waals surface area (Å²) in [6, 6.07) is 50.9. The largest absolute Gasteiger partial charge is 0.370 e. The molecule has 8 aromatic carbocycles. The highest BCUT2D eigenvalue weighted by atomic mass is 32.2. The first kappa shape index (κ1) is 91.5. The van der Waals surface area contributed by atoms with E-state index < -0.39 is 80.0 Å². The molecule has 0 saturated carbocycles. The van der Waals surface area contributed by atoms with Gasteiger partial charge in [-0.25, -0.2) is 76.0 Å². The zero-order chi connectivity index (χ0) is 84.8. The number of piperazine rings is 2. The number of anilines is 8. The molecule has 0 aromatic heterocycles. The van der Waals surface area contributed by atoms with E-state index in [0.29, 0.717) is 47.8 Å². The number of sulfonamides is 7. The number of hydrogen-bond donors (Lipinski definition) is 4. The van der Waals surface area contributed by atoms with E-state index in [1.54, 1.807) is 62.4 Å². The van der Waals surface area contributed by atoms with Crippen molar-refractivity contribution in [2.75, 3.05) is 172 Å². The number of hydrogen-bond acceptors (Lipinski definition) is 22. The van der Waals surface area contributed by atoms with Crippen molar-refractivity contribution in [2.45, 2.75) is 105 Å². The number of rotatable bonds is 25. The molecule has 4 aliphatic rings. The Bertz CT molecular complexity index is 5660. The van der Waals surface area contributed by atoms with E-state index in [9.17, 15) is 67.3 Å². The van der Waals surface area contributed by atoms with Crippen LogP contribution in [0.4, 0.5) is 45.5 Å². The summed E-state index contributed by atoms with van der Waals surface area (Å²) in [4.78, 5) is 13.1. The van der Waals surface area contributed by atoms with Gasteiger partial charge >= 0.3 is 0 Å². The van der Waals surface area contributed by atoms with Gasteiger partial charge in [-0.1, -0.05) is 81.4 Å². The second kappa shape index (κ2) is 39.0. The predicted molar refractivity (Wildman–Crippen MR) is 460 cm³/mol. The third-order valence-electron chi connectivity index (χ3n) is 20.2. The van der Waals surface area contributed by atoms with Gasteiger partial charge in [0.25, 0.3) is 40.1 Å². The Morgan fingerprint density at radius 2 is 0.672 bits per heavy atom. The SMILES string of the molecule is CC1CCCCN1c1ccccc1NS(=O)(=O)c1cccc(S(=O)(=O)N(C)C)c1.CC1CCCN(c2ccccc2NS(=O)(=O)c2cccc(S(=O)(=O)N(C)C)c2)C1.CCN(CC)S(=O)(=O)c1ccc(S(=O)(=O)Nc2ccccc2N2CCN(C)CC2)cc1.CN1CCN(c2ccccc2NS(=O)(=O)c2ccc(S(C)(=O)=O)cc2)CC1. The maximum absolute atomic E-state index is 13.0. The van der Waals surface area contributed by atoms with Crippen molar-refractivity contribution in [3.05, 3.63) is 194 Å². The van der Waals surface area contributed by atoms with Gasteiger partial charge in [-0.2, -0.15) is 4.31 Å². The Balaban J connectivity index is 0.000000177. The van der Waals surface area contributed by atoms with E-state index in [2.05, 4.69) is 76.2 Å². The van der Waals surface area contributed by atoms with E-state index in [-0.39, 0.29) is 39.2 Å². The molecule has 4 fully saturated rings. The fourth-order valence-corrected chi connectivity index (χ4v) is 22.0. The molecule has 2 unspecified atom stereocenters. The van der Waals surface area contributed by atoms with Crippen molar-refractivity contribution < 1.29 is 67.3 Å². The summed E-state index contributed by atoms with van der Waals surface area (Å²) < 4.78 is 216. The van der Waals surface area contributed by atoms with E-state index in [4.69, 9.17) is 0 Å². The molecule has 0 bridgehead atoms. The predicted octanol–water partition coefficient (Wildman–Crippen LogP) is 10.0. The number of benzene rings is 8. The molecule has 116 heavy (non-hydrogen) atoms. The van der Waals surface area contributed by atoms with E-state index in [0.717, 1.165) is 135 Å². The number of nitrogens with one attached hydrogen (secondary N) is 4. The van der Waals surface area contributed by atoms with Gasteiger partial charge in [0, 0.05) is 126 Å². The van der Waals surface area contributed by atoms with Crippen LogP contribution in [0, 0.1) is 5.92 Å². The summed E-state index contributed by atoms with van der Waals surface area (Å²) in [6.45, 7) is 18.1. The smallest absolute Gasteiger partial charge is 0.262 e. The summed E-state index contributed by atoms with van der Waals surface area (Å²) in [5, 5.41) is 0. The minimum absolute atomic E-state index is 0.0131. The second-order valence-corrected chi connectivity index (χ2v) is 44.1. The standard InChI is InChI=1S/C21H30N4O4S2.2C20H27N3O4S2.C18H23N3O4S2/c1-4-25(5-2)31(28,29)19-12-10-18(11-13-19)30(26,27)22-20-8-6-7-9-21(20)24-16-14-23(3)15-17-24;1-16-8-7-13-23(15-16)20-12-5-4-11-19(20)21-28(24,25)17-9-6-10-18(14-17)29(26,27)22(2)3;1-16-9-6-7-14-23(16)20-13-5-4-12-19(20)21-28(24,25)17-10-8-11-18(15-17)29(26,27)22(2)3;1-20-11-13-21(14-12-20)18-6-4-3-5-17(18)19-27(24,25)16-9-7-15(8-10-16)26(2,22)23/h6-13,22H,4-5,14-17H2,1-3H3;4-6,9-12,14,16,21H,7-8,13,15H2,1-3H3;4-5,8,10-13,15-16,21H,6-7,9,14H2,1-3H3;3-10,19H,11-14H2,1-2H3. The number of piperidine rings is 2. The van der Waals surface area contributed by atoms with Crippen LogP contribution in [-0.4, -0.2) is 230 Å². The minimum atomic E-state index is -3.96. The molecule has 4 heterocycles. The van der Waals surface area contributed by atoms with Gasteiger partial charge < -0.3 is 29.4 Å². The minimum Gasteiger partial charge on any atom is -0.370 e. The Morgan fingerprint density at radius 1 is 0.336 bits per heavy atom. The van der Waals surface area contributed by atoms with Gasteiger partial charge in [0.1, 0.15) is 0 Å². The van der Waals surface area contributed by atoms with Gasteiger partial charge in [-0.15, -0.1) is 0 Å². The normalized spacial score (nSPS) is 17.1. The fourth-order valence-electron chi connectivity index (χ4n) is 13.5. The third kappa shape index (κ3) is 23.3. The van der Waals surface area contributed by atoms with Crippen LogP contribution in [0.5, 0.6) is 0 Å². The van der Waals surface area contributed by atoms with E-state index in [1.807, 2.05) is 48.5 Å². The van der Waals surface area contributed by atoms with E-state index >= 15 is 0 Å². The van der Waals surface area contributed by atoms with Gasteiger partial charge in [-0.3, -0.25) is 18.9 Å². The molecular formula is C79H107N13O16S8. The molecule has 0 spiro atoms. The van der Waals surface area contributed by atoms with Crippen molar-refractivity contribution in [3.8, 4) is 0 Å². The highest BCUT2D eigenvalue weighted by Gasteiger charge is 2.31.